The second-order valence-electron chi connectivity index (χ2n) is 3.31. The second-order valence-corrected chi connectivity index (χ2v) is 3.31. The summed E-state index contributed by atoms with van der Waals surface area (Å²) in [6.07, 6.45) is 0.618. The van der Waals surface area contributed by atoms with E-state index in [9.17, 15) is 4.79 Å². The summed E-state index contributed by atoms with van der Waals surface area (Å²) in [4.78, 5) is 12.9. The van der Waals surface area contributed by atoms with Crippen LogP contribution in [0.5, 0.6) is 0 Å². The Morgan fingerprint density at radius 1 is 1.75 bits per heavy atom. The Morgan fingerprint density at radius 2 is 2.42 bits per heavy atom. The normalized spacial score (nSPS) is 23.5. The molecule has 0 radical (unpaired) electrons. The standard InChI is InChI=1S/C8H16N2O2/c1-6(2)10-7(3-4-9)5-12-8(10)11/h6-7H,3-5,9H2,1-2H3. The van der Waals surface area contributed by atoms with Crippen LogP contribution in [-0.4, -0.2) is 36.2 Å². The summed E-state index contributed by atoms with van der Waals surface area (Å²) in [5.74, 6) is 0. The van der Waals surface area contributed by atoms with E-state index >= 15 is 0 Å². The maximum absolute atomic E-state index is 11.2. The van der Waals surface area contributed by atoms with E-state index in [0.29, 0.717) is 13.2 Å². The van der Waals surface area contributed by atoms with Crippen LogP contribution in [0, 0.1) is 0 Å². The third-order valence-electron chi connectivity index (χ3n) is 2.06. The Labute approximate surface area is 72.7 Å². The number of ether oxygens (including phenoxy) is 1. The van der Waals surface area contributed by atoms with Crippen molar-refractivity contribution in [1.29, 1.82) is 0 Å². The molecule has 0 saturated carbocycles. The van der Waals surface area contributed by atoms with Crippen LogP contribution < -0.4 is 5.73 Å². The molecule has 1 fully saturated rings. The van der Waals surface area contributed by atoms with Gasteiger partial charge in [0.25, 0.3) is 0 Å². The van der Waals surface area contributed by atoms with Crippen LogP contribution in [0.25, 0.3) is 0 Å². The van der Waals surface area contributed by atoms with Crippen molar-refractivity contribution < 1.29 is 9.53 Å². The lowest BCUT2D eigenvalue weighted by molar-refractivity contribution is 0.149. The number of hydrogen-bond acceptors (Lipinski definition) is 3. The van der Waals surface area contributed by atoms with Crippen LogP contribution in [0.15, 0.2) is 0 Å². The van der Waals surface area contributed by atoms with E-state index in [1.54, 1.807) is 4.90 Å². The summed E-state index contributed by atoms with van der Waals surface area (Å²) in [7, 11) is 0. The number of carbonyl (C=O) groups is 1. The first-order valence-electron chi connectivity index (χ1n) is 4.32. The Hall–Kier alpha value is -0.770. The summed E-state index contributed by atoms with van der Waals surface area (Å²) in [5, 5.41) is 0. The third kappa shape index (κ3) is 1.69. The van der Waals surface area contributed by atoms with E-state index in [2.05, 4.69) is 0 Å². The number of rotatable bonds is 3. The zero-order valence-corrected chi connectivity index (χ0v) is 7.62. The Balaban J connectivity index is 2.57. The zero-order valence-electron chi connectivity index (χ0n) is 7.62. The molecular formula is C8H16N2O2. The molecule has 1 rings (SSSR count). The number of hydrogen-bond donors (Lipinski definition) is 1. The molecule has 1 unspecified atom stereocenters. The Bertz CT molecular complexity index is 170. The van der Waals surface area contributed by atoms with Crippen LogP contribution >= 0.6 is 0 Å². The van der Waals surface area contributed by atoms with E-state index in [-0.39, 0.29) is 18.2 Å². The minimum atomic E-state index is -0.205. The fourth-order valence-electron chi connectivity index (χ4n) is 1.52. The maximum Gasteiger partial charge on any atom is 0.410 e. The number of nitrogens with zero attached hydrogens (tertiary/aromatic N) is 1. The van der Waals surface area contributed by atoms with Gasteiger partial charge in [-0.3, -0.25) is 4.90 Å². The number of nitrogens with two attached hydrogens (primary N) is 1. The fourth-order valence-corrected chi connectivity index (χ4v) is 1.52. The van der Waals surface area contributed by atoms with Crippen LogP contribution in [0.4, 0.5) is 4.79 Å². The quantitative estimate of drug-likeness (QED) is 0.677. The molecule has 1 aliphatic rings. The van der Waals surface area contributed by atoms with Gasteiger partial charge in [-0.05, 0) is 26.8 Å². The van der Waals surface area contributed by atoms with Crippen molar-refractivity contribution in [2.75, 3.05) is 13.2 Å². The second kappa shape index (κ2) is 3.76. The first-order valence-corrected chi connectivity index (χ1v) is 4.32. The van der Waals surface area contributed by atoms with E-state index < -0.39 is 0 Å². The molecular weight excluding hydrogens is 156 g/mol. The molecule has 0 bridgehead atoms. The highest BCUT2D eigenvalue weighted by atomic mass is 16.6. The first kappa shape index (κ1) is 9.32. The molecule has 1 aliphatic heterocycles. The molecule has 1 saturated heterocycles. The van der Waals surface area contributed by atoms with Crippen molar-refractivity contribution >= 4 is 6.09 Å². The van der Waals surface area contributed by atoms with Gasteiger partial charge in [0.05, 0.1) is 6.04 Å². The molecule has 0 spiro atoms. The van der Waals surface area contributed by atoms with Gasteiger partial charge in [-0.25, -0.2) is 4.79 Å². The highest BCUT2D eigenvalue weighted by Crippen LogP contribution is 2.17. The van der Waals surface area contributed by atoms with Crippen molar-refractivity contribution in [3.05, 3.63) is 0 Å². The largest absolute Gasteiger partial charge is 0.447 e. The predicted octanol–water partition coefficient (Wildman–Crippen LogP) is 0.564. The number of amides is 1. The van der Waals surface area contributed by atoms with Gasteiger partial charge >= 0.3 is 6.09 Å². The van der Waals surface area contributed by atoms with E-state index in [1.165, 1.54) is 0 Å². The molecule has 70 valence electrons. The summed E-state index contributed by atoms with van der Waals surface area (Å²) in [5.41, 5.74) is 5.42. The van der Waals surface area contributed by atoms with Crippen LogP contribution in [0.3, 0.4) is 0 Å². The van der Waals surface area contributed by atoms with Gasteiger partial charge in [0.2, 0.25) is 0 Å². The lowest BCUT2D eigenvalue weighted by Gasteiger charge is -2.24. The summed E-state index contributed by atoms with van der Waals surface area (Å²) >= 11 is 0. The zero-order chi connectivity index (χ0) is 9.14. The van der Waals surface area contributed by atoms with Gasteiger partial charge in [-0.1, -0.05) is 0 Å². The van der Waals surface area contributed by atoms with Gasteiger partial charge in [0.1, 0.15) is 6.61 Å². The molecule has 4 heteroatoms. The Kier molecular flexibility index (Phi) is 2.92. The molecule has 0 aliphatic carbocycles. The highest BCUT2D eigenvalue weighted by Gasteiger charge is 2.33. The molecule has 12 heavy (non-hydrogen) atoms. The lowest BCUT2D eigenvalue weighted by atomic mass is 10.2. The van der Waals surface area contributed by atoms with E-state index in [0.717, 1.165) is 6.42 Å². The maximum atomic E-state index is 11.2. The minimum Gasteiger partial charge on any atom is -0.447 e. The lowest BCUT2D eigenvalue weighted by Crippen LogP contribution is -2.39. The van der Waals surface area contributed by atoms with Gasteiger partial charge in [-0.15, -0.1) is 0 Å². The van der Waals surface area contributed by atoms with Gasteiger partial charge < -0.3 is 10.5 Å². The van der Waals surface area contributed by atoms with Crippen LogP contribution in [0.1, 0.15) is 20.3 Å². The van der Waals surface area contributed by atoms with Crippen molar-refractivity contribution in [3.8, 4) is 0 Å². The third-order valence-corrected chi connectivity index (χ3v) is 2.06. The van der Waals surface area contributed by atoms with E-state index in [4.69, 9.17) is 10.5 Å². The monoisotopic (exact) mass is 172 g/mol. The SMILES string of the molecule is CC(C)N1C(=O)OCC1CCN. The molecule has 1 amide bonds. The van der Waals surface area contributed by atoms with Gasteiger partial charge in [0, 0.05) is 6.04 Å². The average Bonchev–Trinajstić information content (AvgIpc) is 2.32. The molecule has 0 aromatic heterocycles. The fraction of sp³-hybridized carbons (Fsp3) is 0.875. The first-order chi connectivity index (χ1) is 5.66. The Morgan fingerprint density at radius 3 is 2.92 bits per heavy atom. The smallest absolute Gasteiger partial charge is 0.410 e. The highest BCUT2D eigenvalue weighted by molar-refractivity contribution is 5.70. The van der Waals surface area contributed by atoms with Crippen LogP contribution in [-0.2, 0) is 4.74 Å². The molecule has 1 atom stereocenters. The van der Waals surface area contributed by atoms with Crippen molar-refractivity contribution in [2.45, 2.75) is 32.4 Å². The molecule has 0 aromatic rings. The number of cyclic esters (lactones) is 1. The summed E-state index contributed by atoms with van der Waals surface area (Å²) in [6.45, 7) is 5.06. The molecule has 0 aromatic carbocycles. The van der Waals surface area contributed by atoms with Gasteiger partial charge in [0.15, 0.2) is 0 Å². The summed E-state index contributed by atoms with van der Waals surface area (Å²) in [6, 6.07) is 0.388. The summed E-state index contributed by atoms with van der Waals surface area (Å²) < 4.78 is 4.92. The molecule has 1 heterocycles. The minimum absolute atomic E-state index is 0.183. The van der Waals surface area contributed by atoms with Gasteiger partial charge in [-0.2, -0.15) is 0 Å². The van der Waals surface area contributed by atoms with E-state index in [1.807, 2.05) is 13.8 Å². The van der Waals surface area contributed by atoms with Crippen molar-refractivity contribution in [3.63, 3.8) is 0 Å². The predicted molar refractivity (Wildman–Crippen MR) is 45.8 cm³/mol. The van der Waals surface area contributed by atoms with Crippen molar-refractivity contribution in [2.24, 2.45) is 5.73 Å². The van der Waals surface area contributed by atoms with Crippen molar-refractivity contribution in [1.82, 2.24) is 4.90 Å². The number of carbonyl (C=O) groups excluding carboxylic acids is 1. The topological polar surface area (TPSA) is 55.6 Å². The van der Waals surface area contributed by atoms with Crippen LogP contribution in [0.2, 0.25) is 0 Å². The average molecular weight is 172 g/mol. The molecule has 4 nitrogen and oxygen atoms in total. The molecule has 2 N–H and O–H groups in total.